The Morgan fingerprint density at radius 2 is 2.32 bits per heavy atom. The lowest BCUT2D eigenvalue weighted by Crippen LogP contribution is -2.43. The maximum absolute atomic E-state index is 5.99. The number of hydrogen-bond donors (Lipinski definition) is 2. The van der Waals surface area contributed by atoms with Crippen molar-refractivity contribution in [2.75, 3.05) is 18.0 Å². The fraction of sp³-hybridized carbons (Fsp3) is 0.455. The predicted octanol–water partition coefficient (Wildman–Crippen LogP) is 2.99. The number of H-pyrrole nitrogens is 1. The van der Waals surface area contributed by atoms with E-state index in [1.165, 1.54) is 0 Å². The smallest absolute Gasteiger partial charge is 0.245 e. The molecule has 0 saturated carbocycles. The molecule has 1 unspecified atom stereocenters. The molecule has 19 heavy (non-hydrogen) atoms. The summed E-state index contributed by atoms with van der Waals surface area (Å²) in [6.45, 7) is 1.80. The second kappa shape index (κ2) is 5.51. The van der Waals surface area contributed by atoms with Crippen molar-refractivity contribution in [3.05, 3.63) is 13.6 Å². The summed E-state index contributed by atoms with van der Waals surface area (Å²) in [5.41, 5.74) is 7.01. The molecule has 5 nitrogen and oxygen atoms in total. The quantitative estimate of drug-likeness (QED) is 0.804. The molecule has 1 aliphatic heterocycles. The van der Waals surface area contributed by atoms with Crippen LogP contribution in [0.25, 0.3) is 11.4 Å². The molecule has 0 aromatic carbocycles. The number of nitrogens with zero attached hydrogens (tertiary/aromatic N) is 3. The van der Waals surface area contributed by atoms with Gasteiger partial charge in [0.1, 0.15) is 0 Å². The Labute approximate surface area is 131 Å². The number of rotatable bonds is 2. The maximum Gasteiger partial charge on any atom is 0.245 e. The molecule has 3 N–H and O–H groups in total. The standard InChI is InChI=1S/C11H13Br2N5S/c12-8-4-7(9(13)19-8)10-15-11(17-16-10)18-3-1-2-6(14)5-18/h4,6H,1-3,5,14H2,(H,15,16,17). The number of aromatic amines is 1. The Morgan fingerprint density at radius 3 is 3.00 bits per heavy atom. The SMILES string of the molecule is NC1CCCN(c2n[nH]c(-c3cc(Br)sc3Br)n2)C1. The number of hydrogen-bond acceptors (Lipinski definition) is 5. The first kappa shape index (κ1) is 13.5. The van der Waals surface area contributed by atoms with Gasteiger partial charge in [-0.25, -0.2) is 0 Å². The molecule has 2 aromatic heterocycles. The van der Waals surface area contributed by atoms with Crippen LogP contribution in [0.4, 0.5) is 5.95 Å². The number of aromatic nitrogens is 3. The van der Waals surface area contributed by atoms with E-state index < -0.39 is 0 Å². The Hall–Kier alpha value is -0.440. The van der Waals surface area contributed by atoms with Crippen LogP contribution in [0.5, 0.6) is 0 Å². The van der Waals surface area contributed by atoms with Crippen molar-refractivity contribution >= 4 is 49.1 Å². The normalized spacial score (nSPS) is 19.9. The van der Waals surface area contributed by atoms with Gasteiger partial charge in [0.05, 0.1) is 7.57 Å². The van der Waals surface area contributed by atoms with Gasteiger partial charge in [0.15, 0.2) is 5.82 Å². The zero-order chi connectivity index (χ0) is 13.4. The average Bonchev–Trinajstić information content (AvgIpc) is 2.96. The van der Waals surface area contributed by atoms with Crippen molar-refractivity contribution in [3.63, 3.8) is 0 Å². The van der Waals surface area contributed by atoms with Gasteiger partial charge in [0.2, 0.25) is 5.95 Å². The lowest BCUT2D eigenvalue weighted by molar-refractivity contribution is 0.500. The Morgan fingerprint density at radius 1 is 1.47 bits per heavy atom. The monoisotopic (exact) mass is 405 g/mol. The number of halogens is 2. The molecule has 0 spiro atoms. The van der Waals surface area contributed by atoms with Gasteiger partial charge in [-0.1, -0.05) is 0 Å². The Bertz CT molecular complexity index is 581. The third-order valence-corrected chi connectivity index (χ3v) is 5.47. The molecule has 0 bridgehead atoms. The van der Waals surface area contributed by atoms with Crippen LogP contribution in [0.3, 0.4) is 0 Å². The first-order valence-corrected chi connectivity index (χ1v) is 8.42. The summed E-state index contributed by atoms with van der Waals surface area (Å²) in [4.78, 5) is 6.71. The fourth-order valence-corrected chi connectivity index (χ4v) is 5.01. The van der Waals surface area contributed by atoms with Crippen molar-refractivity contribution in [1.82, 2.24) is 15.2 Å². The van der Waals surface area contributed by atoms with Crippen molar-refractivity contribution in [1.29, 1.82) is 0 Å². The van der Waals surface area contributed by atoms with Crippen LogP contribution in [0.2, 0.25) is 0 Å². The van der Waals surface area contributed by atoms with E-state index in [4.69, 9.17) is 5.73 Å². The minimum absolute atomic E-state index is 0.220. The summed E-state index contributed by atoms with van der Waals surface area (Å²) in [5, 5.41) is 7.30. The highest BCUT2D eigenvalue weighted by Crippen LogP contribution is 2.37. The molecular weight excluding hydrogens is 394 g/mol. The molecular formula is C11H13Br2N5S. The molecule has 1 saturated heterocycles. The first-order chi connectivity index (χ1) is 9.13. The highest BCUT2D eigenvalue weighted by atomic mass is 79.9. The lowest BCUT2D eigenvalue weighted by atomic mass is 10.1. The molecule has 0 amide bonds. The van der Waals surface area contributed by atoms with Gasteiger partial charge in [-0.05, 0) is 50.8 Å². The van der Waals surface area contributed by atoms with E-state index in [0.717, 1.165) is 50.8 Å². The molecule has 0 aliphatic carbocycles. The van der Waals surface area contributed by atoms with Gasteiger partial charge in [0, 0.05) is 24.7 Å². The second-order valence-corrected chi connectivity index (χ2v) is 8.32. The van der Waals surface area contributed by atoms with E-state index in [9.17, 15) is 0 Å². The van der Waals surface area contributed by atoms with E-state index in [1.54, 1.807) is 11.3 Å². The molecule has 3 heterocycles. The largest absolute Gasteiger partial charge is 0.338 e. The van der Waals surface area contributed by atoms with Crippen molar-refractivity contribution < 1.29 is 0 Å². The first-order valence-electron chi connectivity index (χ1n) is 6.01. The molecule has 102 valence electrons. The fourth-order valence-electron chi connectivity index (χ4n) is 2.21. The van der Waals surface area contributed by atoms with Gasteiger partial charge in [-0.2, -0.15) is 4.98 Å². The number of nitrogens with one attached hydrogen (secondary N) is 1. The van der Waals surface area contributed by atoms with Crippen LogP contribution < -0.4 is 10.6 Å². The van der Waals surface area contributed by atoms with Gasteiger partial charge in [-0.3, -0.25) is 5.10 Å². The van der Waals surface area contributed by atoms with Crippen molar-refractivity contribution in [3.8, 4) is 11.4 Å². The van der Waals surface area contributed by atoms with Crippen LogP contribution in [-0.4, -0.2) is 34.3 Å². The number of nitrogens with two attached hydrogens (primary N) is 1. The van der Waals surface area contributed by atoms with Gasteiger partial charge >= 0.3 is 0 Å². The zero-order valence-electron chi connectivity index (χ0n) is 10.1. The van der Waals surface area contributed by atoms with Crippen LogP contribution in [0.15, 0.2) is 13.6 Å². The average molecular weight is 407 g/mol. The maximum atomic E-state index is 5.99. The summed E-state index contributed by atoms with van der Waals surface area (Å²) in [5.74, 6) is 1.52. The minimum atomic E-state index is 0.220. The van der Waals surface area contributed by atoms with E-state index >= 15 is 0 Å². The molecule has 1 atom stereocenters. The van der Waals surface area contributed by atoms with Crippen LogP contribution in [-0.2, 0) is 0 Å². The summed E-state index contributed by atoms with van der Waals surface area (Å²) in [7, 11) is 0. The van der Waals surface area contributed by atoms with E-state index in [-0.39, 0.29) is 6.04 Å². The number of piperidine rings is 1. The number of thiophene rings is 1. The van der Waals surface area contributed by atoms with Gasteiger partial charge in [0.25, 0.3) is 0 Å². The molecule has 1 fully saturated rings. The van der Waals surface area contributed by atoms with Gasteiger partial charge < -0.3 is 10.6 Å². The van der Waals surface area contributed by atoms with Crippen molar-refractivity contribution in [2.24, 2.45) is 5.73 Å². The Kier molecular flexibility index (Phi) is 3.93. The number of anilines is 1. The summed E-state index contributed by atoms with van der Waals surface area (Å²) in [6, 6.07) is 2.25. The molecule has 0 radical (unpaired) electrons. The summed E-state index contributed by atoms with van der Waals surface area (Å²) in [6.07, 6.45) is 2.18. The third kappa shape index (κ3) is 2.86. The van der Waals surface area contributed by atoms with Crippen LogP contribution in [0.1, 0.15) is 12.8 Å². The summed E-state index contributed by atoms with van der Waals surface area (Å²) >= 11 is 8.63. The highest BCUT2D eigenvalue weighted by molar-refractivity contribution is 9.12. The highest BCUT2D eigenvalue weighted by Gasteiger charge is 2.21. The molecule has 3 rings (SSSR count). The molecule has 1 aliphatic rings. The van der Waals surface area contributed by atoms with Gasteiger partial charge in [-0.15, -0.1) is 16.4 Å². The second-order valence-electron chi connectivity index (χ2n) is 4.57. The Balaban J connectivity index is 1.85. The van der Waals surface area contributed by atoms with Crippen LogP contribution in [0, 0.1) is 0 Å². The summed E-state index contributed by atoms with van der Waals surface area (Å²) < 4.78 is 2.10. The van der Waals surface area contributed by atoms with E-state index in [0.29, 0.717) is 0 Å². The van der Waals surface area contributed by atoms with Crippen molar-refractivity contribution in [2.45, 2.75) is 18.9 Å². The topological polar surface area (TPSA) is 70.8 Å². The third-order valence-electron chi connectivity index (χ3n) is 3.13. The van der Waals surface area contributed by atoms with E-state index in [2.05, 4.69) is 51.9 Å². The molecule has 2 aromatic rings. The van der Waals surface area contributed by atoms with Crippen LogP contribution >= 0.6 is 43.2 Å². The zero-order valence-corrected chi connectivity index (χ0v) is 14.1. The minimum Gasteiger partial charge on any atom is -0.338 e. The lowest BCUT2D eigenvalue weighted by Gasteiger charge is -2.29. The predicted molar refractivity (Wildman–Crippen MR) is 84.5 cm³/mol. The van der Waals surface area contributed by atoms with E-state index in [1.807, 2.05) is 6.07 Å². The molecule has 8 heteroatoms.